The van der Waals surface area contributed by atoms with Crippen molar-refractivity contribution < 1.29 is 14.3 Å². The largest absolute Gasteiger partial charge is 0.461 e. The first kappa shape index (κ1) is 19.1. The highest BCUT2D eigenvalue weighted by Crippen LogP contribution is 2.16. The van der Waals surface area contributed by atoms with Gasteiger partial charge in [0.05, 0.1) is 6.61 Å². The summed E-state index contributed by atoms with van der Waals surface area (Å²) in [6, 6.07) is 9.30. The molecule has 0 radical (unpaired) electrons. The zero-order valence-electron chi connectivity index (χ0n) is 15.9. The molecule has 2 aromatic rings. The zero-order chi connectivity index (χ0) is 19.2. The van der Waals surface area contributed by atoms with Gasteiger partial charge in [0, 0.05) is 25.3 Å². The Morgan fingerprint density at radius 1 is 1.15 bits per heavy atom. The number of esters is 1. The Hall–Kier alpha value is -2.67. The number of aromatic nitrogens is 2. The minimum atomic E-state index is -0.492. The monoisotopic (exact) mass is 370 g/mol. The van der Waals surface area contributed by atoms with Gasteiger partial charge in [0.1, 0.15) is 5.69 Å². The Labute approximate surface area is 159 Å². The summed E-state index contributed by atoms with van der Waals surface area (Å²) in [4.78, 5) is 26.7. The van der Waals surface area contributed by atoms with Crippen molar-refractivity contribution in [2.24, 2.45) is 7.05 Å². The van der Waals surface area contributed by atoms with Gasteiger partial charge in [-0.2, -0.15) is 5.10 Å². The van der Waals surface area contributed by atoms with Gasteiger partial charge in [0.15, 0.2) is 5.69 Å². The number of amides is 1. The lowest BCUT2D eigenvalue weighted by molar-refractivity contribution is 0.0513. The maximum atomic E-state index is 12.4. The second kappa shape index (κ2) is 8.81. The number of anilines is 1. The van der Waals surface area contributed by atoms with Crippen molar-refractivity contribution in [2.75, 3.05) is 25.0 Å². The Morgan fingerprint density at radius 2 is 1.85 bits per heavy atom. The predicted molar refractivity (Wildman–Crippen MR) is 103 cm³/mol. The standard InChI is InChI=1S/C20H26N4O3/c1-3-27-20(26)18-13-17(22-23(18)2)19(25)21-16-9-7-15(8-10-16)14-24-11-5-4-6-12-24/h7-10,13H,3-6,11-12,14H2,1-2H3,(H,21,25). The summed E-state index contributed by atoms with van der Waals surface area (Å²) in [7, 11) is 1.61. The van der Waals surface area contributed by atoms with Gasteiger partial charge in [-0.3, -0.25) is 14.4 Å². The predicted octanol–water partition coefficient (Wildman–Crippen LogP) is 2.84. The molecule has 1 N–H and O–H groups in total. The average molecular weight is 370 g/mol. The van der Waals surface area contributed by atoms with Crippen molar-refractivity contribution in [1.82, 2.24) is 14.7 Å². The first-order valence-electron chi connectivity index (χ1n) is 9.40. The van der Waals surface area contributed by atoms with Gasteiger partial charge < -0.3 is 10.1 Å². The molecule has 7 heteroatoms. The van der Waals surface area contributed by atoms with E-state index in [-0.39, 0.29) is 23.9 Å². The summed E-state index contributed by atoms with van der Waals surface area (Å²) in [5.41, 5.74) is 2.36. The van der Waals surface area contributed by atoms with E-state index in [0.717, 1.165) is 19.6 Å². The summed E-state index contributed by atoms with van der Waals surface area (Å²) in [6.45, 7) is 5.26. The van der Waals surface area contributed by atoms with Crippen LogP contribution in [0.15, 0.2) is 30.3 Å². The van der Waals surface area contributed by atoms with Crippen molar-refractivity contribution in [3.05, 3.63) is 47.3 Å². The Bertz CT molecular complexity index is 792. The van der Waals surface area contributed by atoms with Crippen LogP contribution in [0.5, 0.6) is 0 Å². The van der Waals surface area contributed by atoms with Crippen LogP contribution in [0.25, 0.3) is 0 Å². The lowest BCUT2D eigenvalue weighted by Crippen LogP contribution is -2.29. The molecular formula is C20H26N4O3. The molecule has 1 aromatic carbocycles. The lowest BCUT2D eigenvalue weighted by atomic mass is 10.1. The molecule has 27 heavy (non-hydrogen) atoms. The van der Waals surface area contributed by atoms with Gasteiger partial charge in [0.25, 0.3) is 5.91 Å². The van der Waals surface area contributed by atoms with E-state index in [2.05, 4.69) is 15.3 Å². The zero-order valence-corrected chi connectivity index (χ0v) is 15.9. The van der Waals surface area contributed by atoms with E-state index >= 15 is 0 Å². The third-order valence-electron chi connectivity index (χ3n) is 4.66. The minimum Gasteiger partial charge on any atom is -0.461 e. The smallest absolute Gasteiger partial charge is 0.356 e. The van der Waals surface area contributed by atoms with E-state index in [4.69, 9.17) is 4.74 Å². The fourth-order valence-corrected chi connectivity index (χ4v) is 3.24. The number of hydrogen-bond acceptors (Lipinski definition) is 5. The van der Waals surface area contributed by atoms with E-state index in [9.17, 15) is 9.59 Å². The third kappa shape index (κ3) is 4.95. The molecule has 0 unspecified atom stereocenters. The van der Waals surface area contributed by atoms with Crippen molar-refractivity contribution in [3.8, 4) is 0 Å². The van der Waals surface area contributed by atoms with E-state index in [0.29, 0.717) is 5.69 Å². The van der Waals surface area contributed by atoms with Crippen LogP contribution in [-0.4, -0.2) is 46.3 Å². The van der Waals surface area contributed by atoms with Crippen LogP contribution >= 0.6 is 0 Å². The molecule has 1 aliphatic rings. The van der Waals surface area contributed by atoms with E-state index in [1.807, 2.05) is 24.3 Å². The van der Waals surface area contributed by atoms with Crippen LogP contribution in [0.3, 0.4) is 0 Å². The molecular weight excluding hydrogens is 344 g/mol. The van der Waals surface area contributed by atoms with Gasteiger partial charge >= 0.3 is 5.97 Å². The third-order valence-corrected chi connectivity index (χ3v) is 4.66. The second-order valence-electron chi connectivity index (χ2n) is 6.75. The molecule has 3 rings (SSSR count). The van der Waals surface area contributed by atoms with Crippen molar-refractivity contribution in [1.29, 1.82) is 0 Å². The molecule has 0 saturated carbocycles. The number of likely N-dealkylation sites (tertiary alicyclic amines) is 1. The Morgan fingerprint density at radius 3 is 2.52 bits per heavy atom. The van der Waals surface area contributed by atoms with Crippen LogP contribution in [0.1, 0.15) is 52.7 Å². The highest BCUT2D eigenvalue weighted by atomic mass is 16.5. The first-order valence-corrected chi connectivity index (χ1v) is 9.40. The number of hydrogen-bond donors (Lipinski definition) is 1. The number of carbonyl (C=O) groups excluding carboxylic acids is 2. The topological polar surface area (TPSA) is 76.5 Å². The van der Waals surface area contributed by atoms with E-state index in [1.54, 1.807) is 14.0 Å². The number of rotatable bonds is 6. The number of benzene rings is 1. The fourth-order valence-electron chi connectivity index (χ4n) is 3.24. The number of nitrogens with one attached hydrogen (secondary N) is 1. The molecule has 7 nitrogen and oxygen atoms in total. The lowest BCUT2D eigenvalue weighted by Gasteiger charge is -2.26. The molecule has 0 bridgehead atoms. The summed E-state index contributed by atoms with van der Waals surface area (Å²) in [5.74, 6) is -0.849. The molecule has 144 valence electrons. The fraction of sp³-hybridized carbons (Fsp3) is 0.450. The number of nitrogens with zero attached hydrogens (tertiary/aromatic N) is 3. The molecule has 1 saturated heterocycles. The van der Waals surface area contributed by atoms with Crippen LogP contribution < -0.4 is 5.32 Å². The maximum Gasteiger partial charge on any atom is 0.356 e. The molecule has 1 fully saturated rings. The molecule has 0 spiro atoms. The Balaban J connectivity index is 1.60. The number of ether oxygens (including phenoxy) is 1. The minimum absolute atomic E-state index is 0.179. The first-order chi connectivity index (χ1) is 13.1. The van der Waals surface area contributed by atoms with Gasteiger partial charge in [-0.25, -0.2) is 4.79 Å². The highest BCUT2D eigenvalue weighted by molar-refractivity contribution is 6.04. The van der Waals surface area contributed by atoms with E-state index < -0.39 is 5.97 Å². The van der Waals surface area contributed by atoms with Crippen LogP contribution in [0, 0.1) is 0 Å². The normalized spacial score (nSPS) is 14.7. The summed E-state index contributed by atoms with van der Waals surface area (Å²) >= 11 is 0. The summed E-state index contributed by atoms with van der Waals surface area (Å²) < 4.78 is 6.32. The highest BCUT2D eigenvalue weighted by Gasteiger charge is 2.18. The van der Waals surface area contributed by atoms with Crippen LogP contribution in [0.2, 0.25) is 0 Å². The molecule has 1 aliphatic heterocycles. The van der Waals surface area contributed by atoms with Gasteiger partial charge in [-0.1, -0.05) is 18.6 Å². The average Bonchev–Trinajstić information content (AvgIpc) is 3.06. The molecule has 1 amide bonds. The van der Waals surface area contributed by atoms with Crippen molar-refractivity contribution >= 4 is 17.6 Å². The quantitative estimate of drug-likeness (QED) is 0.791. The van der Waals surface area contributed by atoms with Gasteiger partial charge in [-0.05, 0) is 50.6 Å². The summed E-state index contributed by atoms with van der Waals surface area (Å²) in [6.07, 6.45) is 3.87. The van der Waals surface area contributed by atoms with Crippen LogP contribution in [-0.2, 0) is 18.3 Å². The second-order valence-corrected chi connectivity index (χ2v) is 6.75. The van der Waals surface area contributed by atoms with Gasteiger partial charge in [-0.15, -0.1) is 0 Å². The SMILES string of the molecule is CCOC(=O)c1cc(C(=O)Nc2ccc(CN3CCCCC3)cc2)nn1C. The van der Waals surface area contributed by atoms with Crippen molar-refractivity contribution in [3.63, 3.8) is 0 Å². The molecule has 2 heterocycles. The van der Waals surface area contributed by atoms with Gasteiger partial charge in [0.2, 0.25) is 0 Å². The number of aryl methyl sites for hydroxylation is 1. The Kier molecular flexibility index (Phi) is 6.24. The molecule has 0 atom stereocenters. The van der Waals surface area contributed by atoms with E-state index in [1.165, 1.54) is 35.6 Å². The molecule has 0 aliphatic carbocycles. The van der Waals surface area contributed by atoms with Crippen LogP contribution in [0.4, 0.5) is 5.69 Å². The van der Waals surface area contributed by atoms with Crippen molar-refractivity contribution in [2.45, 2.75) is 32.7 Å². The maximum absolute atomic E-state index is 12.4. The summed E-state index contributed by atoms with van der Waals surface area (Å²) in [5, 5.41) is 6.92. The number of piperidine rings is 1. The number of carbonyl (C=O) groups is 2. The molecule has 1 aromatic heterocycles.